The largest absolute Gasteiger partial charge is 0.462 e. The average molecular weight is 482 g/mol. The second-order valence-electron chi connectivity index (χ2n) is 8.85. The number of carbonyl (C=O) groups is 2. The third-order valence-corrected chi connectivity index (χ3v) is 5.00. The highest BCUT2D eigenvalue weighted by Crippen LogP contribution is 2.26. The maximum Gasteiger partial charge on any atom is 0.338 e. The zero-order chi connectivity index (χ0) is 25.4. The summed E-state index contributed by atoms with van der Waals surface area (Å²) in [4.78, 5) is 30.1. The molecule has 0 unspecified atom stereocenters. The number of aromatic nitrogens is 4. The summed E-state index contributed by atoms with van der Waals surface area (Å²) in [5.74, 6) is -0.324. The zero-order valence-electron chi connectivity index (χ0n) is 20.7. The van der Waals surface area contributed by atoms with E-state index < -0.39 is 5.60 Å². The van der Waals surface area contributed by atoms with Gasteiger partial charge in [-0.1, -0.05) is 30.3 Å². The molecule has 1 aromatic heterocycles. The van der Waals surface area contributed by atoms with Crippen LogP contribution in [0.15, 0.2) is 42.5 Å². The predicted octanol–water partition coefficient (Wildman–Crippen LogP) is 3.34. The maximum absolute atomic E-state index is 12.4. The highest BCUT2D eigenvalue weighted by atomic mass is 16.7. The normalized spacial score (nSPS) is 11.5. The lowest BCUT2D eigenvalue weighted by Gasteiger charge is -2.23. The van der Waals surface area contributed by atoms with Crippen LogP contribution in [-0.2, 0) is 32.1 Å². The van der Waals surface area contributed by atoms with Crippen molar-refractivity contribution in [3.05, 3.63) is 64.7 Å². The van der Waals surface area contributed by atoms with Crippen molar-refractivity contribution >= 4 is 11.9 Å². The van der Waals surface area contributed by atoms with E-state index in [0.717, 1.165) is 22.3 Å². The third kappa shape index (κ3) is 7.43. The number of esters is 2. The molecule has 10 nitrogen and oxygen atoms in total. The Morgan fingerprint density at radius 1 is 1.09 bits per heavy atom. The second-order valence-corrected chi connectivity index (χ2v) is 8.85. The Labute approximate surface area is 204 Å². The van der Waals surface area contributed by atoms with Gasteiger partial charge in [0.1, 0.15) is 12.1 Å². The highest BCUT2D eigenvalue weighted by molar-refractivity contribution is 5.91. The number of hydroxylamine groups is 2. The Morgan fingerprint density at radius 2 is 1.86 bits per heavy atom. The van der Waals surface area contributed by atoms with Crippen LogP contribution in [0.5, 0.6) is 0 Å². The monoisotopic (exact) mass is 481 g/mol. The van der Waals surface area contributed by atoms with Gasteiger partial charge in [-0.25, -0.2) is 4.79 Å². The number of benzene rings is 2. The van der Waals surface area contributed by atoms with Crippen LogP contribution in [0.3, 0.4) is 0 Å². The van der Waals surface area contributed by atoms with Gasteiger partial charge in [-0.05, 0) is 68.2 Å². The van der Waals surface area contributed by atoms with E-state index in [2.05, 4.69) is 20.6 Å². The van der Waals surface area contributed by atoms with Crippen molar-refractivity contribution in [3.8, 4) is 11.4 Å². The first kappa shape index (κ1) is 26.0. The molecule has 0 spiro atoms. The first-order valence-electron chi connectivity index (χ1n) is 11.3. The van der Waals surface area contributed by atoms with E-state index in [1.165, 1.54) is 12.2 Å². The molecule has 0 aliphatic carbocycles. The van der Waals surface area contributed by atoms with Gasteiger partial charge in [-0.2, -0.15) is 10.3 Å². The Hall–Kier alpha value is -3.63. The van der Waals surface area contributed by atoms with Crippen molar-refractivity contribution in [2.24, 2.45) is 0 Å². The lowest BCUT2D eigenvalue weighted by Crippen LogP contribution is -2.34. The van der Waals surface area contributed by atoms with Crippen LogP contribution in [0, 0.1) is 0 Å². The molecule has 35 heavy (non-hydrogen) atoms. The minimum atomic E-state index is -0.580. The SMILES string of the molecule is CCOC(=O)c1ccccc1Cc1ccc(CN(CC(=O)OC(C)(C)C)OC)cc1-c1nn[nH]n1. The fraction of sp³-hybridized carbons (Fsp3) is 0.400. The molecular weight excluding hydrogens is 450 g/mol. The number of nitrogens with zero attached hydrogens (tertiary/aromatic N) is 4. The molecular formula is C25H31N5O5. The van der Waals surface area contributed by atoms with Gasteiger partial charge in [0.2, 0.25) is 5.82 Å². The molecule has 2 aromatic carbocycles. The van der Waals surface area contributed by atoms with Gasteiger partial charge in [0.25, 0.3) is 0 Å². The summed E-state index contributed by atoms with van der Waals surface area (Å²) < 4.78 is 10.6. The number of H-pyrrole nitrogens is 1. The molecule has 1 heterocycles. The van der Waals surface area contributed by atoms with Crippen molar-refractivity contribution in [1.29, 1.82) is 0 Å². The minimum Gasteiger partial charge on any atom is -0.462 e. The quantitative estimate of drug-likeness (QED) is 0.343. The van der Waals surface area contributed by atoms with Crippen molar-refractivity contribution in [2.75, 3.05) is 20.3 Å². The fourth-order valence-corrected chi connectivity index (χ4v) is 3.55. The molecule has 0 fully saturated rings. The predicted molar refractivity (Wildman–Crippen MR) is 128 cm³/mol. The number of hydrogen-bond acceptors (Lipinski definition) is 9. The molecule has 1 N–H and O–H groups in total. The van der Waals surface area contributed by atoms with Gasteiger partial charge in [0.15, 0.2) is 0 Å². The lowest BCUT2D eigenvalue weighted by atomic mass is 9.94. The van der Waals surface area contributed by atoms with E-state index in [9.17, 15) is 9.59 Å². The summed E-state index contributed by atoms with van der Waals surface area (Å²) in [6, 6.07) is 13.2. The summed E-state index contributed by atoms with van der Waals surface area (Å²) in [5, 5.41) is 16.0. The van der Waals surface area contributed by atoms with Crippen molar-refractivity contribution < 1.29 is 23.9 Å². The van der Waals surface area contributed by atoms with Crippen LogP contribution in [0.4, 0.5) is 0 Å². The number of nitrogens with one attached hydrogen (secondary N) is 1. The van der Waals surface area contributed by atoms with E-state index in [1.54, 1.807) is 13.0 Å². The van der Waals surface area contributed by atoms with Gasteiger partial charge < -0.3 is 14.3 Å². The minimum absolute atomic E-state index is 0.0278. The molecule has 186 valence electrons. The van der Waals surface area contributed by atoms with Crippen LogP contribution in [0.1, 0.15) is 54.7 Å². The molecule has 3 rings (SSSR count). The molecule has 0 aliphatic heterocycles. The molecule has 0 atom stereocenters. The third-order valence-electron chi connectivity index (χ3n) is 5.00. The van der Waals surface area contributed by atoms with Crippen LogP contribution in [0.25, 0.3) is 11.4 Å². The molecule has 0 aliphatic rings. The average Bonchev–Trinajstić information content (AvgIpc) is 3.33. The standard InChI is InChI=1S/C25H31N5O5/c1-6-34-24(32)20-10-8-7-9-18(20)14-19-12-11-17(13-21(19)23-26-28-29-27-23)15-30(33-5)16-22(31)35-25(2,3)4/h7-13H,6,14-16H2,1-5H3,(H,26,27,28,29). The van der Waals surface area contributed by atoms with E-state index >= 15 is 0 Å². The summed E-state index contributed by atoms with van der Waals surface area (Å²) in [7, 11) is 1.51. The van der Waals surface area contributed by atoms with Gasteiger partial charge >= 0.3 is 11.9 Å². The van der Waals surface area contributed by atoms with Crippen molar-refractivity contribution in [3.63, 3.8) is 0 Å². The van der Waals surface area contributed by atoms with Crippen molar-refractivity contribution in [2.45, 2.75) is 46.3 Å². The van der Waals surface area contributed by atoms with E-state index in [4.69, 9.17) is 14.3 Å². The number of aromatic amines is 1. The van der Waals surface area contributed by atoms with Crippen LogP contribution < -0.4 is 0 Å². The molecule has 10 heteroatoms. The summed E-state index contributed by atoms with van der Waals surface area (Å²) in [6.07, 6.45) is 0.463. The smallest absolute Gasteiger partial charge is 0.338 e. The summed E-state index contributed by atoms with van der Waals surface area (Å²) in [5.41, 5.74) is 3.29. The Balaban J connectivity index is 1.87. The maximum atomic E-state index is 12.4. The number of ether oxygens (including phenoxy) is 2. The van der Waals surface area contributed by atoms with Gasteiger partial charge in [-0.15, -0.1) is 10.2 Å². The zero-order valence-corrected chi connectivity index (χ0v) is 20.7. The molecule has 0 saturated carbocycles. The molecule has 0 bridgehead atoms. The van der Waals surface area contributed by atoms with E-state index in [0.29, 0.717) is 31.0 Å². The molecule has 0 saturated heterocycles. The number of tetrazole rings is 1. The fourth-order valence-electron chi connectivity index (χ4n) is 3.55. The van der Waals surface area contributed by atoms with Gasteiger partial charge in [-0.3, -0.25) is 4.79 Å². The Morgan fingerprint density at radius 3 is 2.51 bits per heavy atom. The number of hydrogen-bond donors (Lipinski definition) is 1. The van der Waals surface area contributed by atoms with Crippen molar-refractivity contribution in [1.82, 2.24) is 25.7 Å². The van der Waals surface area contributed by atoms with Crippen LogP contribution >= 0.6 is 0 Å². The van der Waals surface area contributed by atoms with E-state index in [1.807, 2.05) is 57.2 Å². The first-order valence-corrected chi connectivity index (χ1v) is 11.3. The first-order chi connectivity index (χ1) is 16.7. The lowest BCUT2D eigenvalue weighted by molar-refractivity contribution is -0.179. The second kappa shape index (κ2) is 11.7. The Bertz CT molecular complexity index is 1140. The topological polar surface area (TPSA) is 120 Å². The Kier molecular flexibility index (Phi) is 8.67. The molecule has 0 amide bonds. The van der Waals surface area contributed by atoms with Crippen LogP contribution in [0.2, 0.25) is 0 Å². The van der Waals surface area contributed by atoms with Crippen LogP contribution in [-0.4, -0.2) is 63.5 Å². The molecule has 3 aromatic rings. The highest BCUT2D eigenvalue weighted by Gasteiger charge is 2.21. The number of carbonyl (C=O) groups excluding carboxylic acids is 2. The molecule has 0 radical (unpaired) electrons. The summed E-state index contributed by atoms with van der Waals surface area (Å²) in [6.45, 7) is 7.84. The van der Waals surface area contributed by atoms with Gasteiger partial charge in [0, 0.05) is 12.1 Å². The van der Waals surface area contributed by atoms with Gasteiger partial charge in [0.05, 0.1) is 19.3 Å². The summed E-state index contributed by atoms with van der Waals surface area (Å²) >= 11 is 0. The number of rotatable bonds is 10. The van der Waals surface area contributed by atoms with E-state index in [-0.39, 0.29) is 18.5 Å².